The number of amides is 1. The van der Waals surface area contributed by atoms with Crippen molar-refractivity contribution in [1.82, 2.24) is 10.2 Å². The molecule has 0 radical (unpaired) electrons. The van der Waals surface area contributed by atoms with Gasteiger partial charge in [0.1, 0.15) is 0 Å². The van der Waals surface area contributed by atoms with Crippen LogP contribution in [0.4, 0.5) is 0 Å². The van der Waals surface area contributed by atoms with Crippen molar-refractivity contribution >= 4 is 33.3 Å². The molecule has 0 saturated heterocycles. The van der Waals surface area contributed by atoms with Gasteiger partial charge in [-0.2, -0.15) is 0 Å². The Hall–Kier alpha value is -1.92. The fraction of sp³-hybridized carbons (Fsp3) is 0.500. The van der Waals surface area contributed by atoms with E-state index in [0.717, 1.165) is 32.2 Å². The standard InChI is InChI=1S/C20H26N2O3S/c1-2-22(12-20(24)25)16-10-15(11-16)21-19(23)9-5-6-14-13-26-18-8-4-3-7-17(14)18/h3-4,7-8,13,15-16H,2,5-6,9-12H2,1H3,(H,21,23)(H,24,25). The number of likely N-dealkylation sites (N-methyl/N-ethyl adjacent to an activating group) is 1. The SMILES string of the molecule is CCN(CC(=O)O)C1CC(NC(=O)CCCc2csc3ccccc23)C1. The number of aliphatic carboxylic acids is 1. The molecular formula is C20H26N2O3S. The summed E-state index contributed by atoms with van der Waals surface area (Å²) in [6.45, 7) is 2.78. The molecule has 140 valence electrons. The summed E-state index contributed by atoms with van der Waals surface area (Å²) in [7, 11) is 0. The molecule has 1 saturated carbocycles. The number of rotatable bonds is 9. The first-order valence-electron chi connectivity index (χ1n) is 9.27. The molecular weight excluding hydrogens is 348 g/mol. The zero-order valence-electron chi connectivity index (χ0n) is 15.1. The Balaban J connectivity index is 1.37. The predicted octanol–water partition coefficient (Wildman–Crippen LogP) is 3.28. The molecule has 0 bridgehead atoms. The fourth-order valence-corrected chi connectivity index (χ4v) is 4.64. The summed E-state index contributed by atoms with van der Waals surface area (Å²) >= 11 is 1.76. The van der Waals surface area contributed by atoms with Crippen LogP contribution in [0.1, 0.15) is 38.2 Å². The maximum Gasteiger partial charge on any atom is 0.317 e. The van der Waals surface area contributed by atoms with Gasteiger partial charge >= 0.3 is 5.97 Å². The summed E-state index contributed by atoms with van der Waals surface area (Å²) in [5, 5.41) is 15.5. The average Bonchev–Trinajstić information content (AvgIpc) is 2.99. The van der Waals surface area contributed by atoms with Crippen LogP contribution in [0, 0.1) is 0 Å². The highest BCUT2D eigenvalue weighted by Gasteiger charge is 2.34. The quantitative estimate of drug-likeness (QED) is 0.707. The van der Waals surface area contributed by atoms with Crippen molar-refractivity contribution in [3.8, 4) is 0 Å². The van der Waals surface area contributed by atoms with Gasteiger partial charge in [-0.1, -0.05) is 25.1 Å². The maximum absolute atomic E-state index is 12.1. The van der Waals surface area contributed by atoms with Gasteiger partial charge in [0.15, 0.2) is 0 Å². The Labute approximate surface area is 158 Å². The number of carbonyl (C=O) groups is 2. The molecule has 1 amide bonds. The summed E-state index contributed by atoms with van der Waals surface area (Å²) in [6, 6.07) is 8.86. The third-order valence-corrected chi connectivity index (χ3v) is 6.16. The molecule has 1 aliphatic carbocycles. The number of nitrogens with zero attached hydrogens (tertiary/aromatic N) is 1. The van der Waals surface area contributed by atoms with Crippen molar-refractivity contribution in [2.24, 2.45) is 0 Å². The molecule has 1 heterocycles. The number of aryl methyl sites for hydroxylation is 1. The molecule has 2 aromatic rings. The van der Waals surface area contributed by atoms with Crippen LogP contribution in [0.5, 0.6) is 0 Å². The van der Waals surface area contributed by atoms with E-state index in [0.29, 0.717) is 6.42 Å². The number of nitrogens with one attached hydrogen (secondary N) is 1. The van der Waals surface area contributed by atoms with Gasteiger partial charge in [-0.25, -0.2) is 0 Å². The number of carboxylic acids is 1. The zero-order chi connectivity index (χ0) is 18.5. The lowest BCUT2D eigenvalue weighted by atomic mass is 9.85. The maximum atomic E-state index is 12.1. The summed E-state index contributed by atoms with van der Waals surface area (Å²) in [4.78, 5) is 25.0. The van der Waals surface area contributed by atoms with Gasteiger partial charge in [-0.05, 0) is 54.6 Å². The summed E-state index contributed by atoms with van der Waals surface area (Å²) in [6.07, 6.45) is 4.01. The Kier molecular flexibility index (Phi) is 6.27. The molecule has 26 heavy (non-hydrogen) atoms. The fourth-order valence-electron chi connectivity index (χ4n) is 3.64. The summed E-state index contributed by atoms with van der Waals surface area (Å²) < 4.78 is 1.30. The molecule has 0 spiro atoms. The van der Waals surface area contributed by atoms with Crippen LogP contribution < -0.4 is 5.32 Å². The molecule has 1 aromatic heterocycles. The van der Waals surface area contributed by atoms with Crippen LogP contribution >= 0.6 is 11.3 Å². The van der Waals surface area contributed by atoms with Crippen LogP contribution in [0.15, 0.2) is 29.6 Å². The number of benzene rings is 1. The number of fused-ring (bicyclic) bond motifs is 1. The number of carboxylic acid groups (broad SMARTS) is 1. The third-order valence-electron chi connectivity index (χ3n) is 5.15. The van der Waals surface area contributed by atoms with E-state index < -0.39 is 5.97 Å². The number of hydrogen-bond donors (Lipinski definition) is 2. The lowest BCUT2D eigenvalue weighted by molar-refractivity contribution is -0.139. The molecule has 0 aliphatic heterocycles. The summed E-state index contributed by atoms with van der Waals surface area (Å²) in [5.74, 6) is -0.686. The van der Waals surface area contributed by atoms with Crippen molar-refractivity contribution in [2.75, 3.05) is 13.1 Å². The van der Waals surface area contributed by atoms with Crippen LogP contribution in [-0.2, 0) is 16.0 Å². The molecule has 1 aliphatic rings. The van der Waals surface area contributed by atoms with Crippen LogP contribution in [0.25, 0.3) is 10.1 Å². The highest BCUT2D eigenvalue weighted by molar-refractivity contribution is 7.17. The lowest BCUT2D eigenvalue weighted by Crippen LogP contribution is -2.54. The van der Waals surface area contributed by atoms with Crippen LogP contribution in [0.2, 0.25) is 0 Å². The zero-order valence-corrected chi connectivity index (χ0v) is 15.9. The Bertz CT molecular complexity index is 767. The minimum Gasteiger partial charge on any atom is -0.480 e. The Morgan fingerprint density at radius 3 is 2.81 bits per heavy atom. The van der Waals surface area contributed by atoms with Gasteiger partial charge < -0.3 is 10.4 Å². The topological polar surface area (TPSA) is 69.6 Å². The van der Waals surface area contributed by atoms with E-state index in [1.165, 1.54) is 15.6 Å². The van der Waals surface area contributed by atoms with E-state index in [9.17, 15) is 9.59 Å². The molecule has 0 atom stereocenters. The molecule has 1 fully saturated rings. The van der Waals surface area contributed by atoms with E-state index in [1.54, 1.807) is 11.3 Å². The molecule has 2 N–H and O–H groups in total. The monoisotopic (exact) mass is 374 g/mol. The third kappa shape index (κ3) is 4.62. The molecule has 1 aromatic carbocycles. The molecule has 5 nitrogen and oxygen atoms in total. The van der Waals surface area contributed by atoms with Crippen LogP contribution in [-0.4, -0.2) is 47.1 Å². The normalized spacial score (nSPS) is 19.5. The van der Waals surface area contributed by atoms with Gasteiger partial charge in [-0.3, -0.25) is 14.5 Å². The van der Waals surface area contributed by atoms with Gasteiger partial charge in [0, 0.05) is 23.2 Å². The number of hydrogen-bond acceptors (Lipinski definition) is 4. The van der Waals surface area contributed by atoms with Gasteiger partial charge in [-0.15, -0.1) is 11.3 Å². The summed E-state index contributed by atoms with van der Waals surface area (Å²) in [5.41, 5.74) is 1.33. The van der Waals surface area contributed by atoms with Crippen molar-refractivity contribution in [3.05, 3.63) is 35.2 Å². The van der Waals surface area contributed by atoms with Crippen molar-refractivity contribution in [1.29, 1.82) is 0 Å². The Morgan fingerprint density at radius 1 is 1.31 bits per heavy atom. The van der Waals surface area contributed by atoms with Crippen molar-refractivity contribution in [2.45, 2.75) is 51.1 Å². The van der Waals surface area contributed by atoms with E-state index in [-0.39, 0.29) is 24.5 Å². The highest BCUT2D eigenvalue weighted by Crippen LogP contribution is 2.27. The molecule has 6 heteroatoms. The highest BCUT2D eigenvalue weighted by atomic mass is 32.1. The minimum absolute atomic E-state index is 0.0798. The second-order valence-electron chi connectivity index (χ2n) is 6.96. The second kappa shape index (κ2) is 8.64. The largest absolute Gasteiger partial charge is 0.480 e. The predicted molar refractivity (Wildman–Crippen MR) is 105 cm³/mol. The second-order valence-corrected chi connectivity index (χ2v) is 7.87. The van der Waals surface area contributed by atoms with Crippen molar-refractivity contribution in [3.63, 3.8) is 0 Å². The smallest absolute Gasteiger partial charge is 0.317 e. The first kappa shape index (κ1) is 18.9. The van der Waals surface area contributed by atoms with Crippen LogP contribution in [0.3, 0.4) is 0 Å². The first-order chi connectivity index (χ1) is 12.6. The minimum atomic E-state index is -0.791. The van der Waals surface area contributed by atoms with E-state index in [1.807, 2.05) is 11.8 Å². The number of thiophene rings is 1. The first-order valence-corrected chi connectivity index (χ1v) is 10.1. The van der Waals surface area contributed by atoms with E-state index in [4.69, 9.17) is 5.11 Å². The lowest BCUT2D eigenvalue weighted by Gasteiger charge is -2.42. The van der Waals surface area contributed by atoms with Crippen molar-refractivity contribution < 1.29 is 14.7 Å². The van der Waals surface area contributed by atoms with Gasteiger partial charge in [0.2, 0.25) is 5.91 Å². The molecule has 0 unspecified atom stereocenters. The molecule has 3 rings (SSSR count). The van der Waals surface area contributed by atoms with E-state index >= 15 is 0 Å². The Morgan fingerprint density at radius 2 is 2.08 bits per heavy atom. The number of carbonyl (C=O) groups excluding carboxylic acids is 1. The van der Waals surface area contributed by atoms with Gasteiger partial charge in [0.25, 0.3) is 0 Å². The van der Waals surface area contributed by atoms with Gasteiger partial charge in [0.05, 0.1) is 6.54 Å². The average molecular weight is 375 g/mol. The van der Waals surface area contributed by atoms with E-state index in [2.05, 4.69) is 35.0 Å².